The average Bonchev–Trinajstić information content (AvgIpc) is 2.68. The van der Waals surface area contributed by atoms with Gasteiger partial charge in [-0.05, 0) is 49.2 Å². The quantitative estimate of drug-likeness (QED) is 0.700. The smallest absolute Gasteiger partial charge is 0.167 e. The molecule has 0 unspecified atom stereocenters. The number of halogens is 2. The van der Waals surface area contributed by atoms with Crippen LogP contribution in [0.25, 0.3) is 0 Å². The molecule has 4 nitrogen and oxygen atoms in total. The van der Waals surface area contributed by atoms with Gasteiger partial charge in [0.2, 0.25) is 0 Å². The molecule has 2 aromatic rings. The monoisotopic (exact) mass is 377 g/mol. The van der Waals surface area contributed by atoms with Crippen LogP contribution < -0.4 is 9.47 Å². The molecular weight excluding hydrogens is 352 g/mol. The van der Waals surface area contributed by atoms with E-state index in [2.05, 4.69) is 4.90 Å². The Morgan fingerprint density at radius 2 is 1.81 bits per heavy atom. The third kappa shape index (κ3) is 5.65. The Morgan fingerprint density at radius 3 is 2.56 bits per heavy atom. The normalized spacial score (nSPS) is 14.9. The first-order valence-corrected chi connectivity index (χ1v) is 9.19. The highest BCUT2D eigenvalue weighted by Gasteiger charge is 2.11. The number of nitrogens with zero attached hydrogens (tertiary/aromatic N) is 1. The zero-order chi connectivity index (χ0) is 19.1. The number of benzene rings is 2. The van der Waals surface area contributed by atoms with Gasteiger partial charge in [0.1, 0.15) is 18.2 Å². The number of ether oxygens (including phenoxy) is 3. The van der Waals surface area contributed by atoms with E-state index in [1.165, 1.54) is 17.7 Å². The Bertz CT molecular complexity index is 748. The Kier molecular flexibility index (Phi) is 7.01. The molecule has 1 fully saturated rings. The first-order valence-electron chi connectivity index (χ1n) is 9.19. The van der Waals surface area contributed by atoms with Gasteiger partial charge in [-0.15, -0.1) is 0 Å². The topological polar surface area (TPSA) is 30.9 Å². The molecule has 0 spiro atoms. The molecule has 27 heavy (non-hydrogen) atoms. The minimum Gasteiger partial charge on any atom is -0.496 e. The van der Waals surface area contributed by atoms with Gasteiger partial charge in [-0.3, -0.25) is 4.90 Å². The summed E-state index contributed by atoms with van der Waals surface area (Å²) in [6.07, 6.45) is 2.00. The molecule has 0 aromatic heterocycles. The predicted octanol–water partition coefficient (Wildman–Crippen LogP) is 3.82. The fourth-order valence-corrected chi connectivity index (χ4v) is 3.18. The molecule has 0 saturated carbocycles. The minimum atomic E-state index is -0.712. The largest absolute Gasteiger partial charge is 0.496 e. The summed E-state index contributed by atoms with van der Waals surface area (Å²) in [4.78, 5) is 2.41. The highest BCUT2D eigenvalue weighted by molar-refractivity contribution is 5.37. The van der Waals surface area contributed by atoms with Crippen molar-refractivity contribution in [2.75, 3.05) is 40.0 Å². The van der Waals surface area contributed by atoms with Crippen LogP contribution in [0.2, 0.25) is 0 Å². The number of hydrogen-bond donors (Lipinski definition) is 0. The lowest BCUT2D eigenvalue weighted by atomic mass is 10.1. The summed E-state index contributed by atoms with van der Waals surface area (Å²) in [5.41, 5.74) is 2.02. The van der Waals surface area contributed by atoms with Crippen LogP contribution in [0.3, 0.4) is 0 Å². The van der Waals surface area contributed by atoms with E-state index in [1.807, 2.05) is 18.2 Å². The van der Waals surface area contributed by atoms with Crippen LogP contribution in [-0.4, -0.2) is 44.9 Å². The lowest BCUT2D eigenvalue weighted by Crippen LogP contribution is -2.36. The van der Waals surface area contributed by atoms with E-state index >= 15 is 0 Å². The summed E-state index contributed by atoms with van der Waals surface area (Å²) in [6.45, 7) is 4.80. The van der Waals surface area contributed by atoms with Crippen molar-refractivity contribution in [3.63, 3.8) is 0 Å². The van der Waals surface area contributed by atoms with Gasteiger partial charge in [-0.25, -0.2) is 8.78 Å². The summed E-state index contributed by atoms with van der Waals surface area (Å²) >= 11 is 0. The van der Waals surface area contributed by atoms with Crippen LogP contribution in [0.4, 0.5) is 8.78 Å². The molecule has 0 atom stereocenters. The molecule has 2 aromatic carbocycles. The van der Waals surface area contributed by atoms with Crippen molar-refractivity contribution in [3.05, 3.63) is 59.2 Å². The fourth-order valence-electron chi connectivity index (χ4n) is 3.18. The average molecular weight is 377 g/mol. The number of aryl methyl sites for hydroxylation is 1. The van der Waals surface area contributed by atoms with Crippen molar-refractivity contribution < 1.29 is 23.0 Å². The molecule has 146 valence electrons. The molecule has 3 rings (SSSR count). The van der Waals surface area contributed by atoms with Gasteiger partial charge in [0.05, 0.1) is 20.3 Å². The number of rotatable bonds is 8. The van der Waals surface area contributed by atoms with Crippen LogP contribution >= 0.6 is 0 Å². The molecule has 1 aliphatic rings. The van der Waals surface area contributed by atoms with E-state index in [-0.39, 0.29) is 12.4 Å². The summed E-state index contributed by atoms with van der Waals surface area (Å²) in [7, 11) is 1.59. The van der Waals surface area contributed by atoms with Crippen molar-refractivity contribution in [1.82, 2.24) is 4.90 Å². The molecule has 1 heterocycles. The Hall–Kier alpha value is -2.18. The van der Waals surface area contributed by atoms with Gasteiger partial charge in [0.25, 0.3) is 0 Å². The second kappa shape index (κ2) is 9.67. The second-order valence-electron chi connectivity index (χ2n) is 6.57. The van der Waals surface area contributed by atoms with E-state index in [4.69, 9.17) is 14.2 Å². The van der Waals surface area contributed by atoms with Crippen molar-refractivity contribution in [1.29, 1.82) is 0 Å². The molecule has 0 amide bonds. The molecule has 1 aliphatic heterocycles. The molecule has 1 saturated heterocycles. The van der Waals surface area contributed by atoms with E-state index < -0.39 is 11.6 Å². The van der Waals surface area contributed by atoms with Crippen LogP contribution in [0.1, 0.15) is 17.5 Å². The SMILES string of the molecule is COc1ccc(CCCN2CCOCC2)cc1COc1ccc(F)cc1F. The molecule has 0 N–H and O–H groups in total. The summed E-state index contributed by atoms with van der Waals surface area (Å²) in [5, 5.41) is 0. The van der Waals surface area contributed by atoms with Crippen molar-refractivity contribution in [2.24, 2.45) is 0 Å². The zero-order valence-corrected chi connectivity index (χ0v) is 15.5. The van der Waals surface area contributed by atoms with Crippen LogP contribution in [0.5, 0.6) is 11.5 Å². The lowest BCUT2D eigenvalue weighted by molar-refractivity contribution is 0.0374. The fraction of sp³-hybridized carbons (Fsp3) is 0.429. The third-order valence-corrected chi connectivity index (χ3v) is 4.67. The first kappa shape index (κ1) is 19.6. The summed E-state index contributed by atoms with van der Waals surface area (Å²) in [6, 6.07) is 9.26. The molecule has 0 bridgehead atoms. The van der Waals surface area contributed by atoms with E-state index in [0.717, 1.165) is 57.3 Å². The maximum Gasteiger partial charge on any atom is 0.167 e. The number of morpholine rings is 1. The minimum absolute atomic E-state index is 0.0242. The van der Waals surface area contributed by atoms with Crippen molar-refractivity contribution in [3.8, 4) is 11.5 Å². The maximum absolute atomic E-state index is 13.7. The van der Waals surface area contributed by atoms with Gasteiger partial charge >= 0.3 is 0 Å². The first-order chi connectivity index (χ1) is 13.2. The van der Waals surface area contributed by atoms with Crippen molar-refractivity contribution >= 4 is 0 Å². The number of methoxy groups -OCH3 is 1. The van der Waals surface area contributed by atoms with Crippen LogP contribution in [-0.2, 0) is 17.8 Å². The van der Waals surface area contributed by atoms with Crippen molar-refractivity contribution in [2.45, 2.75) is 19.4 Å². The van der Waals surface area contributed by atoms with Gasteiger partial charge < -0.3 is 14.2 Å². The molecular formula is C21H25F2NO3. The van der Waals surface area contributed by atoms with Gasteiger partial charge in [-0.1, -0.05) is 6.07 Å². The Morgan fingerprint density at radius 1 is 1.04 bits per heavy atom. The van der Waals surface area contributed by atoms with Gasteiger partial charge in [-0.2, -0.15) is 0 Å². The molecule has 0 aliphatic carbocycles. The van der Waals surface area contributed by atoms with Crippen LogP contribution in [0.15, 0.2) is 36.4 Å². The number of hydrogen-bond acceptors (Lipinski definition) is 4. The van der Waals surface area contributed by atoms with E-state index in [1.54, 1.807) is 7.11 Å². The second-order valence-corrected chi connectivity index (χ2v) is 6.57. The molecule has 0 radical (unpaired) electrons. The summed E-state index contributed by atoms with van der Waals surface area (Å²) < 4.78 is 43.0. The molecule has 6 heteroatoms. The Labute approximate surface area is 158 Å². The Balaban J connectivity index is 1.59. The maximum atomic E-state index is 13.7. The highest BCUT2D eigenvalue weighted by Crippen LogP contribution is 2.24. The highest BCUT2D eigenvalue weighted by atomic mass is 19.1. The summed E-state index contributed by atoms with van der Waals surface area (Å²) in [5.74, 6) is -0.624. The lowest BCUT2D eigenvalue weighted by Gasteiger charge is -2.26. The van der Waals surface area contributed by atoms with E-state index in [9.17, 15) is 8.78 Å². The standard InChI is InChI=1S/C21H25F2NO3/c1-25-20-6-4-16(3-2-8-24-9-11-26-12-10-24)13-17(20)15-27-21-7-5-18(22)14-19(21)23/h4-7,13-14H,2-3,8-12,15H2,1H3. The van der Waals surface area contributed by atoms with Crippen LogP contribution in [0, 0.1) is 11.6 Å². The zero-order valence-electron chi connectivity index (χ0n) is 15.5. The van der Waals surface area contributed by atoms with E-state index in [0.29, 0.717) is 5.75 Å². The predicted molar refractivity (Wildman–Crippen MR) is 99.3 cm³/mol. The third-order valence-electron chi connectivity index (χ3n) is 4.67. The van der Waals surface area contributed by atoms with Gasteiger partial charge in [0.15, 0.2) is 11.6 Å². The van der Waals surface area contributed by atoms with Gasteiger partial charge in [0, 0.05) is 24.7 Å².